The molecule has 3 heterocycles. The van der Waals surface area contributed by atoms with Crippen molar-refractivity contribution in [1.29, 1.82) is 0 Å². The van der Waals surface area contributed by atoms with E-state index in [9.17, 15) is 4.79 Å². The summed E-state index contributed by atoms with van der Waals surface area (Å²) >= 11 is 1.69. The van der Waals surface area contributed by atoms with Gasteiger partial charge in [-0.1, -0.05) is 12.1 Å². The van der Waals surface area contributed by atoms with Crippen molar-refractivity contribution in [2.45, 2.75) is 18.9 Å². The minimum absolute atomic E-state index is 0.0945. The van der Waals surface area contributed by atoms with Crippen LogP contribution in [-0.4, -0.2) is 30.1 Å². The van der Waals surface area contributed by atoms with Crippen molar-refractivity contribution in [2.24, 2.45) is 5.73 Å². The summed E-state index contributed by atoms with van der Waals surface area (Å²) in [5, 5.41) is 5.02. The number of rotatable bonds is 2. The number of amides is 2. The van der Waals surface area contributed by atoms with Crippen LogP contribution in [0.2, 0.25) is 0 Å². The van der Waals surface area contributed by atoms with E-state index in [4.69, 9.17) is 10.5 Å². The third-order valence-electron chi connectivity index (χ3n) is 4.33. The Morgan fingerprint density at radius 3 is 3.17 bits per heavy atom. The first-order chi connectivity index (χ1) is 11.7. The van der Waals surface area contributed by atoms with Gasteiger partial charge in [-0.2, -0.15) is 0 Å². The summed E-state index contributed by atoms with van der Waals surface area (Å²) in [5.74, 6) is 0.888. The summed E-state index contributed by atoms with van der Waals surface area (Å²) in [6, 6.07) is 3.97. The highest BCUT2D eigenvalue weighted by Gasteiger charge is 2.31. The topological polar surface area (TPSA) is 67.6 Å². The van der Waals surface area contributed by atoms with Gasteiger partial charge >= 0.3 is 6.03 Å². The molecule has 2 aliphatic heterocycles. The van der Waals surface area contributed by atoms with Crippen LogP contribution < -0.4 is 11.1 Å². The van der Waals surface area contributed by atoms with Crippen LogP contribution in [-0.2, 0) is 4.74 Å². The average Bonchev–Trinajstić information content (AvgIpc) is 3.18. The fraction of sp³-hybridized carbons (Fsp3) is 0.278. The maximum atomic E-state index is 12.6. The highest BCUT2D eigenvalue weighted by atomic mass is 32.1. The Morgan fingerprint density at radius 2 is 2.38 bits per heavy atom. The summed E-state index contributed by atoms with van der Waals surface area (Å²) in [5.41, 5.74) is 8.51. The molecule has 1 fully saturated rings. The van der Waals surface area contributed by atoms with Gasteiger partial charge in [0.05, 0.1) is 24.5 Å². The Morgan fingerprint density at radius 1 is 1.46 bits per heavy atom. The van der Waals surface area contributed by atoms with E-state index >= 15 is 0 Å². The number of morpholine rings is 1. The standard InChI is InChI=1S/C18H19N3O2S/c19-15-4-1-3-12(17-5-2-8-24-17)9-16(15)20-18(22)21-10-13-6-7-14(11-21)23-13/h1-2,4-6,8-9,14H,3,7,10-11,19H2,(H,20,22)/t14-/m0/s1. The highest BCUT2D eigenvalue weighted by Crippen LogP contribution is 2.28. The van der Waals surface area contributed by atoms with Gasteiger partial charge in [-0.15, -0.1) is 11.3 Å². The van der Waals surface area contributed by atoms with Crippen molar-refractivity contribution in [2.75, 3.05) is 13.1 Å². The number of carbonyl (C=O) groups is 1. The zero-order valence-corrected chi connectivity index (χ0v) is 14.0. The van der Waals surface area contributed by atoms with Crippen LogP contribution in [0.3, 0.4) is 0 Å². The number of hydrogen-bond acceptors (Lipinski definition) is 4. The van der Waals surface area contributed by atoms with Crippen LogP contribution >= 0.6 is 11.3 Å². The summed E-state index contributed by atoms with van der Waals surface area (Å²) in [7, 11) is 0. The van der Waals surface area contributed by atoms with Crippen molar-refractivity contribution in [3.05, 3.63) is 63.8 Å². The molecule has 1 aliphatic carbocycles. The predicted octanol–water partition coefficient (Wildman–Crippen LogP) is 2.96. The lowest BCUT2D eigenvalue weighted by Gasteiger charge is -2.31. The molecule has 6 heteroatoms. The zero-order chi connectivity index (χ0) is 16.5. The molecule has 24 heavy (non-hydrogen) atoms. The normalized spacial score (nSPS) is 22.7. The number of thiophene rings is 1. The van der Waals surface area contributed by atoms with Crippen molar-refractivity contribution in [3.8, 4) is 0 Å². The molecule has 0 aromatic carbocycles. The van der Waals surface area contributed by atoms with E-state index < -0.39 is 0 Å². The third-order valence-corrected chi connectivity index (χ3v) is 5.27. The van der Waals surface area contributed by atoms with Crippen molar-refractivity contribution < 1.29 is 9.53 Å². The van der Waals surface area contributed by atoms with Gasteiger partial charge in [0.1, 0.15) is 11.9 Å². The summed E-state index contributed by atoms with van der Waals surface area (Å²) in [6.45, 7) is 1.13. The largest absolute Gasteiger partial charge is 0.491 e. The number of allylic oxidation sites excluding steroid dienone is 4. The quantitative estimate of drug-likeness (QED) is 0.869. The van der Waals surface area contributed by atoms with E-state index in [0.29, 0.717) is 24.5 Å². The number of nitrogens with zero attached hydrogens (tertiary/aromatic N) is 1. The van der Waals surface area contributed by atoms with Gasteiger partial charge < -0.3 is 20.7 Å². The summed E-state index contributed by atoms with van der Waals surface area (Å²) < 4.78 is 5.66. The number of nitrogens with two attached hydrogens (primary N) is 1. The molecule has 3 N–H and O–H groups in total. The molecule has 0 radical (unpaired) electrons. The van der Waals surface area contributed by atoms with Crippen LogP contribution in [0.5, 0.6) is 0 Å². The highest BCUT2D eigenvalue weighted by molar-refractivity contribution is 7.11. The first-order valence-electron chi connectivity index (χ1n) is 8.01. The van der Waals surface area contributed by atoms with Gasteiger partial charge in [0.15, 0.2) is 0 Å². The van der Waals surface area contributed by atoms with Crippen molar-refractivity contribution in [1.82, 2.24) is 10.2 Å². The third kappa shape index (κ3) is 2.97. The lowest BCUT2D eigenvalue weighted by molar-refractivity contribution is 0.0588. The average molecular weight is 341 g/mol. The molecule has 124 valence electrons. The van der Waals surface area contributed by atoms with Crippen LogP contribution in [0.1, 0.15) is 17.7 Å². The van der Waals surface area contributed by atoms with E-state index in [1.807, 2.05) is 29.7 Å². The molecule has 0 unspecified atom stereocenters. The molecular formula is C18H19N3O2S. The maximum Gasteiger partial charge on any atom is 0.322 e. The van der Waals surface area contributed by atoms with E-state index in [2.05, 4.69) is 17.5 Å². The number of ether oxygens (including phenoxy) is 1. The van der Waals surface area contributed by atoms with Crippen LogP contribution in [0.25, 0.3) is 5.57 Å². The molecule has 1 saturated heterocycles. The Hall–Kier alpha value is -2.47. The van der Waals surface area contributed by atoms with Crippen LogP contribution in [0.4, 0.5) is 4.79 Å². The number of fused-ring (bicyclic) bond motifs is 2. The fourth-order valence-corrected chi connectivity index (χ4v) is 3.85. The molecular weight excluding hydrogens is 322 g/mol. The van der Waals surface area contributed by atoms with E-state index in [1.165, 1.54) is 4.88 Å². The predicted molar refractivity (Wildman–Crippen MR) is 94.9 cm³/mol. The monoisotopic (exact) mass is 341 g/mol. The number of carbonyl (C=O) groups excluding carboxylic acids is 1. The zero-order valence-electron chi connectivity index (χ0n) is 13.2. The van der Waals surface area contributed by atoms with E-state index in [-0.39, 0.29) is 12.1 Å². The minimum Gasteiger partial charge on any atom is -0.491 e. The van der Waals surface area contributed by atoms with Crippen molar-refractivity contribution >= 4 is 22.9 Å². The molecule has 5 nitrogen and oxygen atoms in total. The van der Waals surface area contributed by atoms with E-state index in [0.717, 1.165) is 24.2 Å². The van der Waals surface area contributed by atoms with Gasteiger partial charge in [-0.3, -0.25) is 0 Å². The smallest absolute Gasteiger partial charge is 0.322 e. The molecule has 4 rings (SSSR count). The van der Waals surface area contributed by atoms with E-state index in [1.54, 1.807) is 16.2 Å². The van der Waals surface area contributed by atoms with Crippen LogP contribution in [0, 0.1) is 0 Å². The summed E-state index contributed by atoms with van der Waals surface area (Å²) in [6.07, 6.45) is 9.71. The second-order valence-electron chi connectivity index (χ2n) is 6.08. The minimum atomic E-state index is -0.133. The molecule has 1 aromatic rings. The molecule has 2 amide bonds. The summed E-state index contributed by atoms with van der Waals surface area (Å²) in [4.78, 5) is 15.6. The SMILES string of the molecule is NC1=C(NC(=O)N2CC3=CC[C@@H](C2)O3)C=C(c2cccs2)CC=C1. The van der Waals surface area contributed by atoms with Crippen LogP contribution in [0.15, 0.2) is 59.0 Å². The second kappa shape index (κ2) is 6.20. The van der Waals surface area contributed by atoms with Gasteiger partial charge in [-0.25, -0.2) is 4.79 Å². The second-order valence-corrected chi connectivity index (χ2v) is 7.03. The van der Waals surface area contributed by atoms with Gasteiger partial charge in [-0.05, 0) is 41.7 Å². The first-order valence-corrected chi connectivity index (χ1v) is 8.89. The molecule has 1 aromatic heterocycles. The number of nitrogens with one attached hydrogen (secondary N) is 1. The van der Waals surface area contributed by atoms with Gasteiger partial charge in [0.2, 0.25) is 0 Å². The lowest BCUT2D eigenvalue weighted by Crippen LogP contribution is -2.47. The molecule has 0 saturated carbocycles. The molecule has 2 bridgehead atoms. The Labute approximate surface area is 144 Å². The van der Waals surface area contributed by atoms with Crippen molar-refractivity contribution in [3.63, 3.8) is 0 Å². The lowest BCUT2D eigenvalue weighted by atomic mass is 10.1. The molecule has 1 atom stereocenters. The molecule has 3 aliphatic rings. The van der Waals surface area contributed by atoms with Gasteiger partial charge in [0.25, 0.3) is 0 Å². The first kappa shape index (κ1) is 15.1. The maximum absolute atomic E-state index is 12.6. The fourth-order valence-electron chi connectivity index (χ4n) is 3.09. The Bertz CT molecular complexity index is 774. The number of urea groups is 1. The van der Waals surface area contributed by atoms with Gasteiger partial charge in [0, 0.05) is 11.3 Å². The Kier molecular flexibility index (Phi) is 3.90. The molecule has 0 spiro atoms. The Balaban J connectivity index is 1.53. The number of hydrogen-bond donors (Lipinski definition) is 2.